The zero-order valence-corrected chi connectivity index (χ0v) is 17.3. The van der Waals surface area contributed by atoms with Crippen molar-refractivity contribution < 1.29 is 9.13 Å². The van der Waals surface area contributed by atoms with Gasteiger partial charge in [-0.3, -0.25) is 4.90 Å². The Balaban J connectivity index is 1.08. The van der Waals surface area contributed by atoms with Gasteiger partial charge in [-0.1, -0.05) is 6.07 Å². The first-order valence-corrected chi connectivity index (χ1v) is 11.2. The van der Waals surface area contributed by atoms with Crippen LogP contribution < -0.4 is 15.0 Å². The molecule has 0 bridgehead atoms. The summed E-state index contributed by atoms with van der Waals surface area (Å²) in [5.74, 6) is 0.823. The summed E-state index contributed by atoms with van der Waals surface area (Å²) in [5, 5.41) is 6.58. The van der Waals surface area contributed by atoms with Gasteiger partial charge >= 0.3 is 0 Å². The molecule has 0 saturated carbocycles. The first-order valence-electron chi connectivity index (χ1n) is 10.4. The van der Waals surface area contributed by atoms with Gasteiger partial charge in [-0.25, -0.2) is 4.39 Å². The van der Waals surface area contributed by atoms with Gasteiger partial charge in [0.2, 0.25) is 0 Å². The first kappa shape index (κ1) is 18.9. The standard InChI is InChI=1S/C23H26FN3OS/c24-19-3-5-23-21(13-19)22(16-29-23)27-9-7-26(8-10-27)6-1-11-28-20-4-2-17-14-25-15-18(17)12-20/h2-5,12-13,16,25H,1,6-11,14-15H2. The monoisotopic (exact) mass is 411 g/mol. The average molecular weight is 412 g/mol. The zero-order chi connectivity index (χ0) is 19.6. The van der Waals surface area contributed by atoms with Gasteiger partial charge in [0.15, 0.2) is 0 Å². The fourth-order valence-electron chi connectivity index (χ4n) is 4.28. The quantitative estimate of drug-likeness (QED) is 0.614. The molecule has 0 spiro atoms. The second-order valence-corrected chi connectivity index (χ2v) is 8.74. The molecule has 6 heteroatoms. The van der Waals surface area contributed by atoms with Gasteiger partial charge in [0.25, 0.3) is 0 Å². The molecule has 4 nitrogen and oxygen atoms in total. The van der Waals surface area contributed by atoms with Gasteiger partial charge in [-0.2, -0.15) is 0 Å². The highest BCUT2D eigenvalue weighted by molar-refractivity contribution is 7.17. The fourth-order valence-corrected chi connectivity index (χ4v) is 5.24. The summed E-state index contributed by atoms with van der Waals surface area (Å²) in [6.45, 7) is 7.77. The van der Waals surface area contributed by atoms with Crippen molar-refractivity contribution in [3.63, 3.8) is 0 Å². The molecule has 0 atom stereocenters. The van der Waals surface area contributed by atoms with Crippen LogP contribution in [0.2, 0.25) is 0 Å². The van der Waals surface area contributed by atoms with E-state index in [2.05, 4.69) is 38.7 Å². The lowest BCUT2D eigenvalue weighted by Gasteiger charge is -2.35. The van der Waals surface area contributed by atoms with Crippen LogP contribution in [0.4, 0.5) is 10.1 Å². The van der Waals surface area contributed by atoms with Crippen LogP contribution >= 0.6 is 11.3 Å². The van der Waals surface area contributed by atoms with Crippen molar-refractivity contribution in [2.75, 3.05) is 44.2 Å². The Morgan fingerprint density at radius 3 is 2.76 bits per heavy atom. The molecule has 0 aliphatic carbocycles. The smallest absolute Gasteiger partial charge is 0.123 e. The Labute approximate surface area is 174 Å². The molecule has 0 amide bonds. The van der Waals surface area contributed by atoms with E-state index in [-0.39, 0.29) is 5.82 Å². The predicted octanol–water partition coefficient (Wildman–Crippen LogP) is 4.23. The van der Waals surface area contributed by atoms with Crippen molar-refractivity contribution in [2.45, 2.75) is 19.5 Å². The molecule has 1 fully saturated rings. The molecule has 0 radical (unpaired) electrons. The molecule has 3 aromatic rings. The summed E-state index contributed by atoms with van der Waals surface area (Å²) in [6.07, 6.45) is 1.03. The molecule has 1 N–H and O–H groups in total. The number of ether oxygens (including phenoxy) is 1. The van der Waals surface area contributed by atoms with Crippen molar-refractivity contribution >= 4 is 27.1 Å². The van der Waals surface area contributed by atoms with Gasteiger partial charge in [0.05, 0.1) is 12.3 Å². The molecule has 2 aliphatic heterocycles. The second kappa shape index (κ2) is 8.30. The molecule has 3 heterocycles. The number of nitrogens with one attached hydrogen (secondary N) is 1. The van der Waals surface area contributed by atoms with Crippen LogP contribution in [-0.4, -0.2) is 44.2 Å². The van der Waals surface area contributed by atoms with E-state index in [4.69, 9.17) is 4.74 Å². The predicted molar refractivity (Wildman–Crippen MR) is 118 cm³/mol. The van der Waals surface area contributed by atoms with E-state index in [0.29, 0.717) is 0 Å². The van der Waals surface area contributed by atoms with E-state index in [1.807, 2.05) is 6.07 Å². The third-order valence-corrected chi connectivity index (χ3v) is 6.88. The lowest BCUT2D eigenvalue weighted by atomic mass is 10.1. The first-order chi connectivity index (χ1) is 14.3. The number of benzene rings is 2. The maximum absolute atomic E-state index is 13.6. The van der Waals surface area contributed by atoms with E-state index in [9.17, 15) is 4.39 Å². The van der Waals surface area contributed by atoms with Crippen molar-refractivity contribution in [1.29, 1.82) is 0 Å². The maximum Gasteiger partial charge on any atom is 0.123 e. The van der Waals surface area contributed by atoms with Gasteiger partial charge in [-0.15, -0.1) is 11.3 Å². The van der Waals surface area contributed by atoms with Crippen LogP contribution in [0.5, 0.6) is 5.75 Å². The highest BCUT2D eigenvalue weighted by Gasteiger charge is 2.19. The summed E-state index contributed by atoms with van der Waals surface area (Å²) < 4.78 is 20.8. The van der Waals surface area contributed by atoms with Crippen molar-refractivity contribution in [1.82, 2.24) is 10.2 Å². The van der Waals surface area contributed by atoms with Crippen molar-refractivity contribution in [3.05, 3.63) is 58.7 Å². The van der Waals surface area contributed by atoms with Crippen LogP contribution in [0.25, 0.3) is 10.1 Å². The van der Waals surface area contributed by atoms with E-state index < -0.39 is 0 Å². The van der Waals surface area contributed by atoms with Crippen LogP contribution in [0.3, 0.4) is 0 Å². The summed E-state index contributed by atoms with van der Waals surface area (Å²) >= 11 is 1.70. The number of piperazine rings is 1. The Bertz CT molecular complexity index is 997. The SMILES string of the molecule is Fc1ccc2scc(N3CCN(CCCOc4ccc5c(c4)CNC5)CC3)c2c1. The number of anilines is 1. The van der Waals surface area contributed by atoms with Gasteiger partial charge < -0.3 is 15.0 Å². The van der Waals surface area contributed by atoms with E-state index in [1.165, 1.54) is 16.8 Å². The molecule has 152 valence electrons. The van der Waals surface area contributed by atoms with E-state index in [1.54, 1.807) is 23.5 Å². The summed E-state index contributed by atoms with van der Waals surface area (Å²) in [6, 6.07) is 11.5. The van der Waals surface area contributed by atoms with Crippen molar-refractivity contribution in [3.8, 4) is 5.75 Å². The number of halogens is 1. The number of rotatable bonds is 6. The fraction of sp³-hybridized carbons (Fsp3) is 0.391. The second-order valence-electron chi connectivity index (χ2n) is 7.83. The summed E-state index contributed by atoms with van der Waals surface area (Å²) in [7, 11) is 0. The molecular weight excluding hydrogens is 385 g/mol. The number of hydrogen-bond donors (Lipinski definition) is 1. The van der Waals surface area contributed by atoms with Crippen LogP contribution in [-0.2, 0) is 13.1 Å². The van der Waals surface area contributed by atoms with Crippen LogP contribution in [0, 0.1) is 5.82 Å². The number of hydrogen-bond acceptors (Lipinski definition) is 5. The molecule has 0 unspecified atom stereocenters. The Kier molecular flexibility index (Phi) is 5.40. The molecule has 2 aromatic carbocycles. The minimum atomic E-state index is -0.157. The molecule has 2 aliphatic rings. The van der Waals surface area contributed by atoms with Crippen LogP contribution in [0.1, 0.15) is 17.5 Å². The van der Waals surface area contributed by atoms with E-state index in [0.717, 1.165) is 74.7 Å². The summed E-state index contributed by atoms with van der Waals surface area (Å²) in [5.41, 5.74) is 3.93. The third-order valence-electron chi connectivity index (χ3n) is 5.92. The minimum Gasteiger partial charge on any atom is -0.494 e. The third kappa shape index (κ3) is 4.10. The van der Waals surface area contributed by atoms with Gasteiger partial charge in [0, 0.05) is 61.3 Å². The largest absolute Gasteiger partial charge is 0.494 e. The van der Waals surface area contributed by atoms with Gasteiger partial charge in [0.1, 0.15) is 11.6 Å². The van der Waals surface area contributed by atoms with Crippen molar-refractivity contribution in [2.24, 2.45) is 0 Å². The maximum atomic E-state index is 13.6. The zero-order valence-electron chi connectivity index (χ0n) is 16.5. The highest BCUT2D eigenvalue weighted by atomic mass is 32.1. The topological polar surface area (TPSA) is 27.7 Å². The Morgan fingerprint density at radius 2 is 1.86 bits per heavy atom. The number of thiophene rings is 1. The molecule has 1 aromatic heterocycles. The Morgan fingerprint density at radius 1 is 1.00 bits per heavy atom. The normalized spacial score (nSPS) is 17.1. The van der Waals surface area contributed by atoms with E-state index >= 15 is 0 Å². The molecule has 29 heavy (non-hydrogen) atoms. The highest BCUT2D eigenvalue weighted by Crippen LogP contribution is 2.34. The van der Waals surface area contributed by atoms with Crippen LogP contribution in [0.15, 0.2) is 41.8 Å². The lowest BCUT2D eigenvalue weighted by molar-refractivity contribution is 0.225. The summed E-state index contributed by atoms with van der Waals surface area (Å²) in [4.78, 5) is 4.89. The number of nitrogens with zero attached hydrogens (tertiary/aromatic N) is 2. The average Bonchev–Trinajstić information content (AvgIpc) is 3.38. The lowest BCUT2D eigenvalue weighted by Crippen LogP contribution is -2.46. The Hall–Kier alpha value is -2.15. The number of fused-ring (bicyclic) bond motifs is 2. The van der Waals surface area contributed by atoms with Gasteiger partial charge in [-0.05, 0) is 47.9 Å². The molecular formula is C23H26FN3OS. The molecule has 1 saturated heterocycles. The molecule has 5 rings (SSSR count). The minimum absolute atomic E-state index is 0.157.